The maximum Gasteiger partial charge on any atom is 0.139 e. The van der Waals surface area contributed by atoms with Crippen LogP contribution >= 0.6 is 0 Å². The molecule has 0 aliphatic rings. The van der Waals surface area contributed by atoms with Crippen molar-refractivity contribution in [2.45, 2.75) is 19.8 Å². The number of ether oxygens (including phenoxy) is 1. The normalized spacial score (nSPS) is 9.67. The minimum absolute atomic E-state index is 0.655. The minimum Gasteiger partial charge on any atom is -0.492 e. The van der Waals surface area contributed by atoms with Crippen molar-refractivity contribution in [2.75, 3.05) is 18.5 Å². The van der Waals surface area contributed by atoms with E-state index in [2.05, 4.69) is 23.8 Å². The zero-order chi connectivity index (χ0) is 10.9. The summed E-state index contributed by atoms with van der Waals surface area (Å²) in [5, 5.41) is 3.26. The van der Waals surface area contributed by atoms with Gasteiger partial charge in [-0.2, -0.15) is 0 Å². The first-order chi connectivity index (χ1) is 7.36. The maximum atomic E-state index is 5.49. The Bertz CT molecular complexity index is 299. The summed E-state index contributed by atoms with van der Waals surface area (Å²) in [6, 6.07) is 1.96. The molecule has 0 saturated heterocycles. The molecule has 1 heterocycles. The lowest BCUT2D eigenvalue weighted by molar-refractivity contribution is 0.324. The molecule has 15 heavy (non-hydrogen) atoms. The van der Waals surface area contributed by atoms with Crippen LogP contribution in [0.2, 0.25) is 0 Å². The van der Waals surface area contributed by atoms with Gasteiger partial charge in [0.05, 0.1) is 24.7 Å². The Labute approximate surface area is 91.2 Å². The first-order valence-electron chi connectivity index (χ1n) is 5.29. The van der Waals surface area contributed by atoms with Gasteiger partial charge in [0.25, 0.3) is 0 Å². The number of hydrogen-bond donors (Lipinski definition) is 1. The van der Waals surface area contributed by atoms with Gasteiger partial charge in [0.1, 0.15) is 5.75 Å². The zero-order valence-electron chi connectivity index (χ0n) is 9.20. The lowest BCUT2D eigenvalue weighted by Gasteiger charge is -2.07. The van der Waals surface area contributed by atoms with Crippen LogP contribution in [-0.4, -0.2) is 18.1 Å². The molecule has 1 rings (SSSR count). The van der Waals surface area contributed by atoms with Crippen LogP contribution in [-0.2, 0) is 0 Å². The number of rotatable bonds is 7. The largest absolute Gasteiger partial charge is 0.492 e. The van der Waals surface area contributed by atoms with Gasteiger partial charge in [-0.1, -0.05) is 13.0 Å². The Morgan fingerprint density at radius 2 is 2.40 bits per heavy atom. The molecule has 0 amide bonds. The van der Waals surface area contributed by atoms with E-state index < -0.39 is 0 Å². The predicted molar refractivity (Wildman–Crippen MR) is 63.3 cm³/mol. The minimum atomic E-state index is 0.655. The van der Waals surface area contributed by atoms with Crippen LogP contribution in [0.4, 0.5) is 5.69 Å². The van der Waals surface area contributed by atoms with Crippen molar-refractivity contribution in [1.29, 1.82) is 0 Å². The van der Waals surface area contributed by atoms with Gasteiger partial charge in [0.2, 0.25) is 0 Å². The molecule has 0 aromatic carbocycles. The fraction of sp³-hybridized carbons (Fsp3) is 0.417. The number of aromatic nitrogens is 1. The molecule has 0 spiro atoms. The van der Waals surface area contributed by atoms with E-state index in [-0.39, 0.29) is 0 Å². The van der Waals surface area contributed by atoms with Gasteiger partial charge in [-0.05, 0) is 12.8 Å². The molecule has 0 aliphatic heterocycles. The summed E-state index contributed by atoms with van der Waals surface area (Å²) in [6.45, 7) is 7.38. The number of nitrogens with one attached hydrogen (secondary N) is 1. The number of pyridine rings is 1. The third kappa shape index (κ3) is 4.49. The topological polar surface area (TPSA) is 34.1 Å². The first-order valence-corrected chi connectivity index (χ1v) is 5.29. The molecule has 82 valence electrons. The molecular weight excluding hydrogens is 188 g/mol. The standard InChI is InChI=1S/C12H18N2O/c1-3-5-7-15-12-8-11(9-13-10-12)14-6-4-2/h3,8-10,14H,1,4-7H2,2H3. The summed E-state index contributed by atoms with van der Waals surface area (Å²) in [5.41, 5.74) is 1.01. The lowest BCUT2D eigenvalue weighted by Crippen LogP contribution is -2.01. The SMILES string of the molecule is C=CCCOc1cncc(NCCC)c1. The average molecular weight is 206 g/mol. The quantitative estimate of drug-likeness (QED) is 0.550. The van der Waals surface area contributed by atoms with Gasteiger partial charge in [0.15, 0.2) is 0 Å². The molecule has 0 fully saturated rings. The molecule has 0 aliphatic carbocycles. The van der Waals surface area contributed by atoms with E-state index >= 15 is 0 Å². The Morgan fingerprint density at radius 3 is 3.13 bits per heavy atom. The summed E-state index contributed by atoms with van der Waals surface area (Å²) >= 11 is 0. The third-order valence-corrected chi connectivity index (χ3v) is 1.88. The molecule has 1 aromatic heterocycles. The molecule has 0 radical (unpaired) electrons. The van der Waals surface area contributed by atoms with E-state index in [9.17, 15) is 0 Å². The van der Waals surface area contributed by atoms with E-state index in [0.717, 1.165) is 30.8 Å². The Morgan fingerprint density at radius 1 is 1.53 bits per heavy atom. The van der Waals surface area contributed by atoms with Crippen LogP contribution in [0.3, 0.4) is 0 Å². The van der Waals surface area contributed by atoms with E-state index in [1.807, 2.05) is 12.1 Å². The third-order valence-electron chi connectivity index (χ3n) is 1.88. The molecule has 0 atom stereocenters. The van der Waals surface area contributed by atoms with Gasteiger partial charge in [0, 0.05) is 12.6 Å². The fourth-order valence-electron chi connectivity index (χ4n) is 1.12. The van der Waals surface area contributed by atoms with Crippen molar-refractivity contribution in [1.82, 2.24) is 4.98 Å². The highest BCUT2D eigenvalue weighted by molar-refractivity contribution is 5.44. The highest BCUT2D eigenvalue weighted by atomic mass is 16.5. The van der Waals surface area contributed by atoms with Crippen LogP contribution in [0.25, 0.3) is 0 Å². The second-order valence-electron chi connectivity index (χ2n) is 3.26. The molecule has 1 aromatic rings. The van der Waals surface area contributed by atoms with Crippen LogP contribution in [0.15, 0.2) is 31.1 Å². The summed E-state index contributed by atoms with van der Waals surface area (Å²) in [5.74, 6) is 0.804. The second-order valence-corrected chi connectivity index (χ2v) is 3.26. The van der Waals surface area contributed by atoms with Gasteiger partial charge in [-0.25, -0.2) is 0 Å². The Hall–Kier alpha value is -1.51. The van der Waals surface area contributed by atoms with Crippen molar-refractivity contribution in [3.05, 3.63) is 31.1 Å². The Kier molecular flexibility index (Phi) is 5.30. The van der Waals surface area contributed by atoms with Crippen LogP contribution < -0.4 is 10.1 Å². The molecule has 1 N–H and O–H groups in total. The maximum absolute atomic E-state index is 5.49. The number of nitrogens with zero attached hydrogens (tertiary/aromatic N) is 1. The molecule has 0 saturated carbocycles. The molecular formula is C12H18N2O. The highest BCUT2D eigenvalue weighted by Crippen LogP contribution is 2.15. The monoisotopic (exact) mass is 206 g/mol. The fourth-order valence-corrected chi connectivity index (χ4v) is 1.12. The summed E-state index contributed by atoms with van der Waals surface area (Å²) in [7, 11) is 0. The summed E-state index contributed by atoms with van der Waals surface area (Å²) in [6.07, 6.45) is 7.32. The number of anilines is 1. The molecule has 0 bridgehead atoms. The van der Waals surface area contributed by atoms with E-state index in [0.29, 0.717) is 6.61 Å². The molecule has 3 heteroatoms. The van der Waals surface area contributed by atoms with E-state index in [4.69, 9.17) is 4.74 Å². The summed E-state index contributed by atoms with van der Waals surface area (Å²) < 4.78 is 5.49. The van der Waals surface area contributed by atoms with Crippen molar-refractivity contribution in [3.8, 4) is 5.75 Å². The van der Waals surface area contributed by atoms with Gasteiger partial charge in [-0.15, -0.1) is 6.58 Å². The van der Waals surface area contributed by atoms with Gasteiger partial charge >= 0.3 is 0 Å². The van der Waals surface area contributed by atoms with Crippen LogP contribution in [0, 0.1) is 0 Å². The van der Waals surface area contributed by atoms with Crippen LogP contribution in [0.1, 0.15) is 19.8 Å². The average Bonchev–Trinajstić information content (AvgIpc) is 2.27. The van der Waals surface area contributed by atoms with Crippen molar-refractivity contribution in [3.63, 3.8) is 0 Å². The van der Waals surface area contributed by atoms with E-state index in [1.54, 1.807) is 12.4 Å². The lowest BCUT2D eigenvalue weighted by atomic mass is 10.3. The smallest absolute Gasteiger partial charge is 0.139 e. The van der Waals surface area contributed by atoms with Gasteiger partial charge in [-0.3, -0.25) is 4.98 Å². The first kappa shape index (κ1) is 11.6. The second kappa shape index (κ2) is 6.87. The van der Waals surface area contributed by atoms with Crippen molar-refractivity contribution in [2.24, 2.45) is 0 Å². The number of hydrogen-bond acceptors (Lipinski definition) is 3. The highest BCUT2D eigenvalue weighted by Gasteiger charge is 1.96. The zero-order valence-corrected chi connectivity index (χ0v) is 9.20. The van der Waals surface area contributed by atoms with Gasteiger partial charge < -0.3 is 10.1 Å². The van der Waals surface area contributed by atoms with Crippen LogP contribution in [0.5, 0.6) is 5.75 Å². The predicted octanol–water partition coefficient (Wildman–Crippen LogP) is 2.86. The van der Waals surface area contributed by atoms with Crippen molar-refractivity contribution >= 4 is 5.69 Å². The summed E-state index contributed by atoms with van der Waals surface area (Å²) in [4.78, 5) is 4.10. The molecule has 0 unspecified atom stereocenters. The Balaban J connectivity index is 2.46. The van der Waals surface area contributed by atoms with Crippen molar-refractivity contribution < 1.29 is 4.74 Å². The van der Waals surface area contributed by atoms with E-state index in [1.165, 1.54) is 0 Å². The molecule has 3 nitrogen and oxygen atoms in total.